The van der Waals surface area contributed by atoms with Crippen LogP contribution < -0.4 is 10.6 Å². The summed E-state index contributed by atoms with van der Waals surface area (Å²) in [6.45, 7) is 2.88. The highest BCUT2D eigenvalue weighted by Gasteiger charge is 2.36. The minimum absolute atomic E-state index is 0.00342. The Hall–Kier alpha value is -2.41. The highest BCUT2D eigenvalue weighted by Crippen LogP contribution is 2.26. The Labute approximate surface area is 165 Å². The molecule has 2 fully saturated rings. The molecule has 28 heavy (non-hydrogen) atoms. The molecule has 2 amide bonds. The molecule has 2 heterocycles. The van der Waals surface area contributed by atoms with Crippen molar-refractivity contribution >= 4 is 22.7 Å². The Morgan fingerprint density at radius 2 is 2.07 bits per heavy atom. The number of aryl methyl sites for hydroxylation is 1. The third kappa shape index (κ3) is 4.19. The van der Waals surface area contributed by atoms with Gasteiger partial charge in [0.15, 0.2) is 0 Å². The molecule has 4 rings (SSSR count). The minimum Gasteiger partial charge on any atom is -0.356 e. The monoisotopic (exact) mass is 383 g/mol. The van der Waals surface area contributed by atoms with E-state index in [-0.39, 0.29) is 24.3 Å². The number of carbonyl (C=O) groups is 2. The van der Waals surface area contributed by atoms with Crippen LogP contribution in [0.15, 0.2) is 30.5 Å². The van der Waals surface area contributed by atoms with E-state index in [1.807, 2.05) is 29.1 Å². The molecular formula is C21H29N5O2. The molecule has 1 atom stereocenters. The van der Waals surface area contributed by atoms with E-state index in [1.165, 1.54) is 12.8 Å². The number of para-hydroxylation sites is 1. The molecule has 7 nitrogen and oxygen atoms in total. The molecule has 1 aromatic carbocycles. The van der Waals surface area contributed by atoms with Gasteiger partial charge in [-0.15, -0.1) is 0 Å². The van der Waals surface area contributed by atoms with Gasteiger partial charge in [-0.25, -0.2) is 0 Å². The van der Waals surface area contributed by atoms with Gasteiger partial charge in [0.25, 0.3) is 0 Å². The zero-order chi connectivity index (χ0) is 19.3. The number of piperazine rings is 1. The molecule has 1 saturated heterocycles. The van der Waals surface area contributed by atoms with Gasteiger partial charge < -0.3 is 10.6 Å². The Balaban J connectivity index is 1.25. The van der Waals surface area contributed by atoms with Gasteiger partial charge in [-0.05, 0) is 25.3 Å². The molecule has 1 aromatic heterocycles. The second-order valence-corrected chi connectivity index (χ2v) is 7.82. The number of hydrogen-bond donors (Lipinski definition) is 2. The number of fused-ring (bicyclic) bond motifs is 1. The van der Waals surface area contributed by atoms with Gasteiger partial charge in [0.2, 0.25) is 11.8 Å². The first-order valence-electron chi connectivity index (χ1n) is 10.4. The quantitative estimate of drug-likeness (QED) is 0.713. The maximum atomic E-state index is 12.5. The van der Waals surface area contributed by atoms with Crippen LogP contribution in [0.2, 0.25) is 0 Å². The van der Waals surface area contributed by atoms with Crippen molar-refractivity contribution in [1.29, 1.82) is 0 Å². The zero-order valence-electron chi connectivity index (χ0n) is 16.3. The van der Waals surface area contributed by atoms with Crippen LogP contribution in [-0.2, 0) is 16.1 Å². The molecule has 2 N–H and O–H groups in total. The van der Waals surface area contributed by atoms with Gasteiger partial charge in [0.1, 0.15) is 0 Å². The second-order valence-electron chi connectivity index (χ2n) is 7.82. The molecule has 1 unspecified atom stereocenters. The summed E-state index contributed by atoms with van der Waals surface area (Å²) in [7, 11) is 0. The predicted molar refractivity (Wildman–Crippen MR) is 108 cm³/mol. The SMILES string of the molecule is O=C(CC1C(=O)NCCN1C1CCCC1)NCCCn1ncc2ccccc21. The van der Waals surface area contributed by atoms with Crippen LogP contribution in [0.5, 0.6) is 0 Å². The fourth-order valence-electron chi connectivity index (χ4n) is 4.52. The van der Waals surface area contributed by atoms with Crippen molar-refractivity contribution in [3.8, 4) is 0 Å². The Morgan fingerprint density at radius 3 is 2.93 bits per heavy atom. The highest BCUT2D eigenvalue weighted by atomic mass is 16.2. The number of hydrogen-bond acceptors (Lipinski definition) is 4. The number of nitrogens with one attached hydrogen (secondary N) is 2. The summed E-state index contributed by atoms with van der Waals surface area (Å²) in [6, 6.07) is 8.24. The Morgan fingerprint density at radius 1 is 1.25 bits per heavy atom. The van der Waals surface area contributed by atoms with Gasteiger partial charge in [0.05, 0.1) is 24.2 Å². The number of benzene rings is 1. The maximum Gasteiger partial charge on any atom is 0.237 e. The van der Waals surface area contributed by atoms with Crippen molar-refractivity contribution in [1.82, 2.24) is 25.3 Å². The number of amides is 2. The molecule has 0 spiro atoms. The zero-order valence-corrected chi connectivity index (χ0v) is 16.3. The van der Waals surface area contributed by atoms with Crippen molar-refractivity contribution in [3.05, 3.63) is 30.5 Å². The van der Waals surface area contributed by atoms with E-state index in [1.54, 1.807) is 0 Å². The molecule has 2 aromatic rings. The van der Waals surface area contributed by atoms with Crippen LogP contribution in [0.4, 0.5) is 0 Å². The highest BCUT2D eigenvalue weighted by molar-refractivity contribution is 5.88. The fraction of sp³-hybridized carbons (Fsp3) is 0.571. The predicted octanol–water partition coefficient (Wildman–Crippen LogP) is 1.68. The number of rotatable bonds is 7. The lowest BCUT2D eigenvalue weighted by atomic mass is 10.0. The first-order chi connectivity index (χ1) is 13.7. The molecule has 150 valence electrons. The van der Waals surface area contributed by atoms with Crippen LogP contribution in [-0.4, -0.2) is 58.2 Å². The van der Waals surface area contributed by atoms with Crippen LogP contribution in [0.3, 0.4) is 0 Å². The molecule has 0 radical (unpaired) electrons. The standard InChI is InChI=1S/C21H29N5O2/c27-20(14-19-21(28)23-11-13-25(19)17-7-2-3-8-17)22-10-5-12-26-18-9-4-1-6-16(18)15-24-26/h1,4,6,9,15,17,19H,2-3,5,7-8,10-14H2,(H,22,27)(H,23,28). The summed E-state index contributed by atoms with van der Waals surface area (Å²) in [5.41, 5.74) is 1.11. The minimum atomic E-state index is -0.327. The molecule has 1 saturated carbocycles. The summed E-state index contributed by atoms with van der Waals surface area (Å²) < 4.78 is 1.97. The smallest absolute Gasteiger partial charge is 0.237 e. The van der Waals surface area contributed by atoms with Crippen molar-refractivity contribution < 1.29 is 9.59 Å². The molecule has 1 aliphatic heterocycles. The molecular weight excluding hydrogens is 354 g/mol. The van der Waals surface area contributed by atoms with E-state index in [0.29, 0.717) is 19.1 Å². The van der Waals surface area contributed by atoms with Crippen LogP contribution in [0, 0.1) is 0 Å². The molecule has 2 aliphatic rings. The first kappa shape index (κ1) is 18.9. The summed E-state index contributed by atoms with van der Waals surface area (Å²) in [5, 5.41) is 11.4. The Kier molecular flexibility index (Phi) is 5.90. The number of carbonyl (C=O) groups excluding carboxylic acids is 2. The van der Waals surface area contributed by atoms with Crippen LogP contribution in [0.25, 0.3) is 10.9 Å². The molecule has 0 bridgehead atoms. The van der Waals surface area contributed by atoms with E-state index in [0.717, 1.165) is 43.3 Å². The maximum absolute atomic E-state index is 12.5. The molecule has 7 heteroatoms. The van der Waals surface area contributed by atoms with Crippen LogP contribution in [0.1, 0.15) is 38.5 Å². The van der Waals surface area contributed by atoms with Crippen molar-refractivity contribution in [2.75, 3.05) is 19.6 Å². The third-order valence-corrected chi connectivity index (χ3v) is 5.96. The second kappa shape index (κ2) is 8.73. The average molecular weight is 383 g/mol. The van der Waals surface area contributed by atoms with Gasteiger partial charge in [0, 0.05) is 37.6 Å². The third-order valence-electron chi connectivity index (χ3n) is 5.96. The van der Waals surface area contributed by atoms with E-state index in [2.05, 4.69) is 26.7 Å². The van der Waals surface area contributed by atoms with Gasteiger partial charge in [-0.1, -0.05) is 31.0 Å². The number of nitrogens with zero attached hydrogens (tertiary/aromatic N) is 3. The molecule has 1 aliphatic carbocycles. The van der Waals surface area contributed by atoms with Crippen LogP contribution >= 0.6 is 0 Å². The fourth-order valence-corrected chi connectivity index (χ4v) is 4.52. The first-order valence-corrected chi connectivity index (χ1v) is 10.4. The van der Waals surface area contributed by atoms with Crippen molar-refractivity contribution in [2.45, 2.75) is 57.2 Å². The summed E-state index contributed by atoms with van der Waals surface area (Å²) in [4.78, 5) is 27.1. The van der Waals surface area contributed by atoms with Gasteiger partial charge in [-0.3, -0.25) is 19.2 Å². The number of aromatic nitrogens is 2. The Bertz CT molecular complexity index is 827. The summed E-state index contributed by atoms with van der Waals surface area (Å²) in [6.07, 6.45) is 7.65. The lowest BCUT2D eigenvalue weighted by molar-refractivity contribution is -0.135. The summed E-state index contributed by atoms with van der Waals surface area (Å²) >= 11 is 0. The van der Waals surface area contributed by atoms with Crippen molar-refractivity contribution in [2.24, 2.45) is 0 Å². The largest absolute Gasteiger partial charge is 0.356 e. The lowest BCUT2D eigenvalue weighted by Crippen LogP contribution is -2.59. The van der Waals surface area contributed by atoms with E-state index < -0.39 is 0 Å². The van der Waals surface area contributed by atoms with E-state index in [4.69, 9.17) is 0 Å². The van der Waals surface area contributed by atoms with Crippen molar-refractivity contribution in [3.63, 3.8) is 0 Å². The normalized spacial score (nSPS) is 21.1. The van der Waals surface area contributed by atoms with E-state index in [9.17, 15) is 9.59 Å². The van der Waals surface area contributed by atoms with E-state index >= 15 is 0 Å². The van der Waals surface area contributed by atoms with Gasteiger partial charge >= 0.3 is 0 Å². The lowest BCUT2D eigenvalue weighted by Gasteiger charge is -2.38. The average Bonchev–Trinajstić information content (AvgIpc) is 3.37. The topological polar surface area (TPSA) is 79.3 Å². The summed E-state index contributed by atoms with van der Waals surface area (Å²) in [5.74, 6) is -0.0494. The van der Waals surface area contributed by atoms with Gasteiger partial charge in [-0.2, -0.15) is 5.10 Å².